The number of rotatable bonds is 11. The summed E-state index contributed by atoms with van der Waals surface area (Å²) >= 11 is 0. The molecule has 1 aliphatic rings. The van der Waals surface area contributed by atoms with E-state index in [1.54, 1.807) is 0 Å². The summed E-state index contributed by atoms with van der Waals surface area (Å²) < 4.78 is 0. The van der Waals surface area contributed by atoms with Crippen LogP contribution in [0.25, 0.3) is 0 Å². The third kappa shape index (κ3) is 6.05. The van der Waals surface area contributed by atoms with Gasteiger partial charge in [-0.3, -0.25) is 0 Å². The van der Waals surface area contributed by atoms with Crippen molar-refractivity contribution in [2.45, 2.75) is 64.7 Å². The molecule has 1 atom stereocenters. The van der Waals surface area contributed by atoms with Crippen molar-refractivity contribution in [2.24, 2.45) is 15.9 Å². The number of aryl methyl sites for hydroxylation is 1. The van der Waals surface area contributed by atoms with E-state index in [1.165, 1.54) is 50.5 Å². The highest BCUT2D eigenvalue weighted by Gasteiger charge is 2.27. The molecule has 0 aromatic heterocycles. The van der Waals surface area contributed by atoms with Crippen molar-refractivity contribution in [3.63, 3.8) is 0 Å². The molecule has 0 bridgehead atoms. The summed E-state index contributed by atoms with van der Waals surface area (Å²) in [6.45, 7) is 2.27. The molecule has 0 saturated heterocycles. The normalized spacial score (nSPS) is 14.7. The van der Waals surface area contributed by atoms with Crippen molar-refractivity contribution in [3.8, 4) is 0 Å². The van der Waals surface area contributed by atoms with Crippen LogP contribution in [0.5, 0.6) is 0 Å². The number of aliphatic imine (C=N–C) groups is 2. The summed E-state index contributed by atoms with van der Waals surface area (Å²) in [7, 11) is 0. The second kappa shape index (κ2) is 10.2. The molecular formula is C20H29N2+. The first kappa shape index (κ1) is 16.8. The maximum absolute atomic E-state index is 4.45. The van der Waals surface area contributed by atoms with E-state index in [4.69, 9.17) is 0 Å². The molecular weight excluding hydrogens is 268 g/mol. The Labute approximate surface area is 135 Å². The van der Waals surface area contributed by atoms with Gasteiger partial charge in [0.2, 0.25) is 6.17 Å². The lowest BCUT2D eigenvalue weighted by Crippen LogP contribution is -2.09. The van der Waals surface area contributed by atoms with Gasteiger partial charge in [0.25, 0.3) is 0 Å². The number of hydrogen-bond donors (Lipinski definition) is 0. The molecule has 1 heterocycles. The quantitative estimate of drug-likeness (QED) is 0.373. The lowest BCUT2D eigenvalue weighted by Gasteiger charge is -2.14. The molecule has 1 aromatic rings. The van der Waals surface area contributed by atoms with Crippen molar-refractivity contribution in [3.05, 3.63) is 42.1 Å². The summed E-state index contributed by atoms with van der Waals surface area (Å²) in [5, 5.41) is 0. The molecule has 0 saturated carbocycles. The van der Waals surface area contributed by atoms with Gasteiger partial charge in [-0.05, 0) is 24.8 Å². The van der Waals surface area contributed by atoms with Gasteiger partial charge in [0.05, 0.1) is 5.92 Å². The lowest BCUT2D eigenvalue weighted by molar-refractivity contribution is 0.431. The van der Waals surface area contributed by atoms with Gasteiger partial charge in [-0.1, -0.05) is 85.8 Å². The summed E-state index contributed by atoms with van der Waals surface area (Å²) in [4.78, 5) is 8.89. The Kier molecular flexibility index (Phi) is 7.79. The van der Waals surface area contributed by atoms with E-state index >= 15 is 0 Å². The third-order valence-corrected chi connectivity index (χ3v) is 4.38. The molecule has 22 heavy (non-hydrogen) atoms. The highest BCUT2D eigenvalue weighted by atomic mass is 15.0. The van der Waals surface area contributed by atoms with Crippen molar-refractivity contribution in [1.29, 1.82) is 0 Å². The van der Waals surface area contributed by atoms with Crippen LogP contribution < -0.4 is 0 Å². The van der Waals surface area contributed by atoms with Crippen LogP contribution in [-0.4, -0.2) is 12.4 Å². The first-order valence-electron chi connectivity index (χ1n) is 8.87. The molecule has 0 aliphatic carbocycles. The minimum Gasteiger partial charge on any atom is -0.0965 e. The van der Waals surface area contributed by atoms with E-state index in [-0.39, 0.29) is 0 Å². The molecule has 1 aromatic carbocycles. The summed E-state index contributed by atoms with van der Waals surface area (Å²) in [6.07, 6.45) is 16.3. The van der Waals surface area contributed by atoms with Crippen LogP contribution in [0.3, 0.4) is 0 Å². The standard InChI is InChI=1S/C20H29N2/c1-2-3-4-5-6-10-13-19(20-21-16-17-22-20)15-14-18-11-8-7-9-12-18/h7-9,11-12,16-17,19H,2-6,10,13-15H2,1H3/q+1. The van der Waals surface area contributed by atoms with Crippen LogP contribution in [0, 0.1) is 12.1 Å². The summed E-state index contributed by atoms with van der Waals surface area (Å²) in [5.74, 6) is 0.515. The average Bonchev–Trinajstić information content (AvgIpc) is 3.09. The predicted molar refractivity (Wildman–Crippen MR) is 96.5 cm³/mol. The van der Waals surface area contributed by atoms with E-state index in [0.717, 1.165) is 19.0 Å². The molecule has 2 nitrogen and oxygen atoms in total. The van der Waals surface area contributed by atoms with Gasteiger partial charge in [0.15, 0.2) is 12.4 Å². The molecule has 2 rings (SSSR count). The Balaban J connectivity index is 1.74. The highest BCUT2D eigenvalue weighted by Crippen LogP contribution is 2.29. The molecule has 0 radical (unpaired) electrons. The molecule has 1 aliphatic heterocycles. The number of benzene rings is 1. The van der Waals surface area contributed by atoms with Crippen molar-refractivity contribution in [1.82, 2.24) is 0 Å². The van der Waals surface area contributed by atoms with Crippen LogP contribution in [0.2, 0.25) is 0 Å². The van der Waals surface area contributed by atoms with Crippen LogP contribution in [-0.2, 0) is 6.42 Å². The molecule has 0 spiro atoms. The minimum absolute atomic E-state index is 0.515. The van der Waals surface area contributed by atoms with E-state index in [2.05, 4.69) is 47.2 Å². The van der Waals surface area contributed by atoms with Crippen molar-refractivity contribution in [2.75, 3.05) is 0 Å². The molecule has 2 heteroatoms. The number of hydrogen-bond acceptors (Lipinski definition) is 2. The van der Waals surface area contributed by atoms with E-state index in [9.17, 15) is 0 Å². The monoisotopic (exact) mass is 297 g/mol. The highest BCUT2D eigenvalue weighted by molar-refractivity contribution is 6.18. The van der Waals surface area contributed by atoms with E-state index in [0.29, 0.717) is 5.92 Å². The lowest BCUT2D eigenvalue weighted by atomic mass is 9.91. The van der Waals surface area contributed by atoms with Gasteiger partial charge >= 0.3 is 0 Å². The number of nitrogens with zero attached hydrogens (tertiary/aromatic N) is 2. The van der Waals surface area contributed by atoms with Gasteiger partial charge in [0, 0.05) is 0 Å². The molecule has 0 amide bonds. The Hall–Kier alpha value is -1.57. The van der Waals surface area contributed by atoms with Crippen LogP contribution >= 0.6 is 0 Å². The molecule has 0 N–H and O–H groups in total. The summed E-state index contributed by atoms with van der Waals surface area (Å²) in [6, 6.07) is 10.8. The molecule has 118 valence electrons. The predicted octanol–water partition coefficient (Wildman–Crippen LogP) is 5.63. The van der Waals surface area contributed by atoms with Crippen molar-refractivity contribution >= 4 is 12.4 Å². The van der Waals surface area contributed by atoms with Gasteiger partial charge < -0.3 is 0 Å². The Morgan fingerprint density at radius 1 is 0.864 bits per heavy atom. The first-order valence-corrected chi connectivity index (χ1v) is 8.87. The minimum atomic E-state index is 0.515. The average molecular weight is 297 g/mol. The van der Waals surface area contributed by atoms with Gasteiger partial charge in [-0.15, -0.1) is 0 Å². The SMILES string of the molecule is CCCCCCCCC(CCc1ccccc1)[C+]1N=CC=N1. The van der Waals surface area contributed by atoms with Gasteiger partial charge in [-0.2, -0.15) is 0 Å². The topological polar surface area (TPSA) is 24.7 Å². The first-order chi connectivity index (χ1) is 10.9. The van der Waals surface area contributed by atoms with Gasteiger partial charge in [-0.25, -0.2) is 0 Å². The Morgan fingerprint density at radius 2 is 1.55 bits per heavy atom. The van der Waals surface area contributed by atoms with Crippen LogP contribution in [0.1, 0.15) is 63.9 Å². The molecule has 1 unspecified atom stereocenters. The fourth-order valence-electron chi connectivity index (χ4n) is 3.02. The zero-order valence-electron chi connectivity index (χ0n) is 13.9. The fourth-order valence-corrected chi connectivity index (χ4v) is 3.02. The fraction of sp³-hybridized carbons (Fsp3) is 0.550. The van der Waals surface area contributed by atoms with Gasteiger partial charge in [0.1, 0.15) is 0 Å². The van der Waals surface area contributed by atoms with Crippen LogP contribution in [0.15, 0.2) is 40.3 Å². The van der Waals surface area contributed by atoms with Crippen molar-refractivity contribution < 1.29 is 0 Å². The third-order valence-electron chi connectivity index (χ3n) is 4.38. The zero-order chi connectivity index (χ0) is 15.5. The number of unbranched alkanes of at least 4 members (excludes halogenated alkanes) is 5. The summed E-state index contributed by atoms with van der Waals surface area (Å²) in [5.41, 5.74) is 1.42. The smallest absolute Gasteiger partial charge is 0.0965 e. The molecule has 0 fully saturated rings. The maximum Gasteiger partial charge on any atom is 0.243 e. The van der Waals surface area contributed by atoms with E-state index < -0.39 is 0 Å². The maximum atomic E-state index is 4.45. The van der Waals surface area contributed by atoms with Crippen LogP contribution in [0.4, 0.5) is 0 Å². The largest absolute Gasteiger partial charge is 0.243 e. The van der Waals surface area contributed by atoms with E-state index in [1.807, 2.05) is 12.4 Å². The zero-order valence-corrected chi connectivity index (χ0v) is 13.9. The second-order valence-electron chi connectivity index (χ2n) is 6.19. The second-order valence-corrected chi connectivity index (χ2v) is 6.19. The Morgan fingerprint density at radius 3 is 2.27 bits per heavy atom. The Bertz CT molecular complexity index is 438.